The number of hydrogen-bond acceptors (Lipinski definition) is 4. The van der Waals surface area contributed by atoms with Crippen molar-refractivity contribution in [3.63, 3.8) is 0 Å². The summed E-state index contributed by atoms with van der Waals surface area (Å²) >= 11 is 5.98. The number of pyridine rings is 1. The van der Waals surface area contributed by atoms with Crippen molar-refractivity contribution in [1.29, 1.82) is 10.8 Å². The molecule has 0 radical (unpaired) electrons. The van der Waals surface area contributed by atoms with E-state index in [0.717, 1.165) is 47.0 Å². The van der Waals surface area contributed by atoms with E-state index in [2.05, 4.69) is 30.3 Å². The van der Waals surface area contributed by atoms with Crippen LogP contribution in [-0.2, 0) is 17.6 Å². The first-order valence-corrected chi connectivity index (χ1v) is 10.7. The largest absolute Gasteiger partial charge is 0.428 e. The van der Waals surface area contributed by atoms with Crippen molar-refractivity contribution in [2.75, 3.05) is 0 Å². The van der Waals surface area contributed by atoms with Crippen LogP contribution in [0.15, 0.2) is 84.9 Å². The molecule has 0 aliphatic rings. The Morgan fingerprint density at radius 2 is 1.62 bits per heavy atom. The van der Waals surface area contributed by atoms with Crippen molar-refractivity contribution in [3.8, 4) is 0 Å². The molecule has 5 heteroatoms. The van der Waals surface area contributed by atoms with Gasteiger partial charge in [0.05, 0.1) is 5.52 Å². The third-order valence-corrected chi connectivity index (χ3v) is 5.45. The molecule has 1 heterocycles. The number of nitrogens with zero attached hydrogens (tertiary/aromatic N) is 1. The van der Waals surface area contributed by atoms with Gasteiger partial charge in [-0.05, 0) is 59.9 Å². The maximum atomic E-state index is 8.21. The normalized spacial score (nSPS) is 11.3. The number of fused-ring (bicyclic) bond motifs is 1. The van der Waals surface area contributed by atoms with Crippen LogP contribution in [0, 0.1) is 10.8 Å². The molecule has 4 rings (SSSR count). The molecule has 0 aliphatic carbocycles. The second-order valence-electron chi connectivity index (χ2n) is 7.37. The van der Waals surface area contributed by atoms with E-state index in [0.29, 0.717) is 10.6 Å². The van der Waals surface area contributed by atoms with Gasteiger partial charge in [-0.1, -0.05) is 72.3 Å². The predicted molar refractivity (Wildman–Crippen MR) is 133 cm³/mol. The molecule has 4 aromatic rings. The van der Waals surface area contributed by atoms with E-state index in [1.165, 1.54) is 5.56 Å². The number of nitrogens with one attached hydrogen (secondary N) is 2. The third kappa shape index (κ3) is 5.29. The zero-order valence-electron chi connectivity index (χ0n) is 17.4. The van der Waals surface area contributed by atoms with Gasteiger partial charge in [-0.15, -0.1) is 0 Å². The highest BCUT2D eigenvalue weighted by atomic mass is 35.5. The standard InChI is InChI=1S/C27H22ClN3O/c28-23-13-7-20(8-14-23)17-25(27(30)32-18-29)21-10-5-19(6-11-21)9-15-24-16-12-22-3-1-2-4-26(22)31-24/h1-8,10-14,16-18,29-30H,9,15H2/b25-17+,29-18?,30-27?. The molecule has 0 atom stereocenters. The molecule has 0 fully saturated rings. The smallest absolute Gasteiger partial charge is 0.221 e. The maximum Gasteiger partial charge on any atom is 0.221 e. The summed E-state index contributed by atoms with van der Waals surface area (Å²) in [5.41, 5.74) is 5.61. The van der Waals surface area contributed by atoms with Gasteiger partial charge in [0.15, 0.2) is 6.40 Å². The molecule has 4 nitrogen and oxygen atoms in total. The van der Waals surface area contributed by atoms with Crippen molar-refractivity contribution in [2.45, 2.75) is 12.8 Å². The van der Waals surface area contributed by atoms with Gasteiger partial charge >= 0.3 is 0 Å². The highest BCUT2D eigenvalue weighted by Gasteiger charge is 2.10. The van der Waals surface area contributed by atoms with Crippen molar-refractivity contribution in [1.82, 2.24) is 4.98 Å². The Labute approximate surface area is 192 Å². The van der Waals surface area contributed by atoms with Gasteiger partial charge in [-0.3, -0.25) is 15.8 Å². The lowest BCUT2D eigenvalue weighted by Gasteiger charge is -2.10. The highest BCUT2D eigenvalue weighted by molar-refractivity contribution is 6.30. The van der Waals surface area contributed by atoms with E-state index in [9.17, 15) is 0 Å². The lowest BCUT2D eigenvalue weighted by molar-refractivity contribution is 0.567. The van der Waals surface area contributed by atoms with Crippen molar-refractivity contribution >= 4 is 46.5 Å². The van der Waals surface area contributed by atoms with Gasteiger partial charge in [0.25, 0.3) is 0 Å². The minimum Gasteiger partial charge on any atom is -0.428 e. The van der Waals surface area contributed by atoms with E-state index in [1.807, 2.05) is 48.5 Å². The van der Waals surface area contributed by atoms with Crippen molar-refractivity contribution in [2.24, 2.45) is 0 Å². The molecule has 158 valence electrons. The van der Waals surface area contributed by atoms with Gasteiger partial charge in [0.2, 0.25) is 5.90 Å². The summed E-state index contributed by atoms with van der Waals surface area (Å²) in [4.78, 5) is 4.75. The number of hydrogen-bond donors (Lipinski definition) is 2. The lowest BCUT2D eigenvalue weighted by Crippen LogP contribution is -2.05. The second kappa shape index (κ2) is 10.0. The van der Waals surface area contributed by atoms with Crippen LogP contribution in [0.1, 0.15) is 22.4 Å². The molecular formula is C27H22ClN3O. The Morgan fingerprint density at radius 3 is 2.38 bits per heavy atom. The average molecular weight is 440 g/mol. The molecule has 0 bridgehead atoms. The number of aromatic nitrogens is 1. The molecule has 0 aliphatic heterocycles. The van der Waals surface area contributed by atoms with Gasteiger partial charge < -0.3 is 4.74 Å². The zero-order chi connectivity index (χ0) is 22.3. The highest BCUT2D eigenvalue weighted by Crippen LogP contribution is 2.22. The molecule has 0 amide bonds. The van der Waals surface area contributed by atoms with Crippen LogP contribution in [-0.4, -0.2) is 17.3 Å². The van der Waals surface area contributed by atoms with Crippen molar-refractivity contribution in [3.05, 3.63) is 112 Å². The molecule has 0 spiro atoms. The second-order valence-corrected chi connectivity index (χ2v) is 7.80. The summed E-state index contributed by atoms with van der Waals surface area (Å²) < 4.78 is 5.05. The molecule has 0 unspecified atom stereocenters. The molecule has 3 aromatic carbocycles. The number of aryl methyl sites for hydroxylation is 2. The average Bonchev–Trinajstić information content (AvgIpc) is 2.83. The number of ether oxygens (including phenoxy) is 1. The molecule has 32 heavy (non-hydrogen) atoms. The van der Waals surface area contributed by atoms with Crippen LogP contribution in [0.25, 0.3) is 22.6 Å². The summed E-state index contributed by atoms with van der Waals surface area (Å²) in [6.07, 6.45) is 4.35. The fraction of sp³-hybridized carbons (Fsp3) is 0.0741. The third-order valence-electron chi connectivity index (χ3n) is 5.19. The van der Waals surface area contributed by atoms with Gasteiger partial charge in [0, 0.05) is 21.7 Å². The predicted octanol–water partition coefficient (Wildman–Crippen LogP) is 6.81. The Hall–Kier alpha value is -3.76. The van der Waals surface area contributed by atoms with Crippen LogP contribution in [0.2, 0.25) is 5.02 Å². The first-order valence-electron chi connectivity index (χ1n) is 10.3. The molecule has 1 aromatic heterocycles. The number of para-hydroxylation sites is 1. The maximum absolute atomic E-state index is 8.21. The SMILES string of the molecule is N=COC(=N)/C(=C/c1ccc(Cl)cc1)c1ccc(CCc2ccc3ccccc3n2)cc1. The van der Waals surface area contributed by atoms with Crippen molar-refractivity contribution < 1.29 is 4.74 Å². The van der Waals surface area contributed by atoms with E-state index >= 15 is 0 Å². The van der Waals surface area contributed by atoms with Crippen LogP contribution in [0.4, 0.5) is 0 Å². The first kappa shape index (κ1) is 21.5. The lowest BCUT2D eigenvalue weighted by atomic mass is 9.99. The summed E-state index contributed by atoms with van der Waals surface area (Å²) in [5.74, 6) is -0.0805. The Kier molecular flexibility index (Phi) is 6.73. The number of rotatable bonds is 7. The van der Waals surface area contributed by atoms with E-state index in [-0.39, 0.29) is 5.90 Å². The molecule has 0 saturated carbocycles. The van der Waals surface area contributed by atoms with E-state index in [4.69, 9.17) is 32.1 Å². The van der Waals surface area contributed by atoms with Gasteiger partial charge in [-0.25, -0.2) is 0 Å². The van der Waals surface area contributed by atoms with Crippen LogP contribution in [0.5, 0.6) is 0 Å². The quantitative estimate of drug-likeness (QED) is 0.188. The summed E-state index contributed by atoms with van der Waals surface area (Å²) in [5, 5.41) is 17.2. The van der Waals surface area contributed by atoms with E-state index in [1.54, 1.807) is 12.1 Å². The minimum absolute atomic E-state index is 0.0805. The Bertz CT molecular complexity index is 1280. The van der Waals surface area contributed by atoms with E-state index < -0.39 is 0 Å². The van der Waals surface area contributed by atoms with Gasteiger partial charge in [0.1, 0.15) is 0 Å². The minimum atomic E-state index is -0.0805. The summed E-state index contributed by atoms with van der Waals surface area (Å²) in [6.45, 7) is 0. The molecule has 2 N–H and O–H groups in total. The Balaban J connectivity index is 1.52. The molecular weight excluding hydrogens is 418 g/mol. The van der Waals surface area contributed by atoms with Crippen LogP contribution < -0.4 is 0 Å². The van der Waals surface area contributed by atoms with Crippen LogP contribution >= 0.6 is 11.6 Å². The van der Waals surface area contributed by atoms with Gasteiger partial charge in [-0.2, -0.15) is 0 Å². The number of benzene rings is 3. The van der Waals surface area contributed by atoms with Crippen LogP contribution in [0.3, 0.4) is 0 Å². The fourth-order valence-electron chi connectivity index (χ4n) is 3.50. The summed E-state index contributed by atoms with van der Waals surface area (Å²) in [6, 6.07) is 27.8. The zero-order valence-corrected chi connectivity index (χ0v) is 18.1. The first-order chi connectivity index (χ1) is 15.6. The number of halogens is 1. The summed E-state index contributed by atoms with van der Waals surface area (Å²) in [7, 11) is 0. The monoisotopic (exact) mass is 439 g/mol. The molecule has 0 saturated heterocycles. The fourth-order valence-corrected chi connectivity index (χ4v) is 3.62. The Morgan fingerprint density at radius 1 is 0.875 bits per heavy atom. The topological polar surface area (TPSA) is 69.8 Å².